The van der Waals surface area contributed by atoms with Gasteiger partial charge in [0, 0.05) is 22.5 Å². The molecule has 2 aromatic carbocycles. The zero-order valence-corrected chi connectivity index (χ0v) is 20.6. The molecule has 38 heavy (non-hydrogen) atoms. The molecule has 0 fully saturated rings. The van der Waals surface area contributed by atoms with Gasteiger partial charge in [0.05, 0.1) is 11.1 Å². The predicted molar refractivity (Wildman–Crippen MR) is 136 cm³/mol. The zero-order valence-electron chi connectivity index (χ0n) is 20.6. The fourth-order valence-electron chi connectivity index (χ4n) is 3.38. The van der Waals surface area contributed by atoms with Crippen LogP contribution in [0.2, 0.25) is 0 Å². The number of rotatable bonds is 8. The SMILES string of the molecule is C=C(/C=C\C)N(C(=C)/C=C\CC)c1nc(-c2ccc(C(F)(F)F)cc2)nc(-c2ccc(C(F)(F)F)cc2)n1. The topological polar surface area (TPSA) is 41.9 Å². The summed E-state index contributed by atoms with van der Waals surface area (Å²) in [5, 5.41) is 0. The van der Waals surface area contributed by atoms with Crippen LogP contribution < -0.4 is 4.90 Å². The number of halogens is 6. The molecular weight excluding hydrogens is 506 g/mol. The molecule has 0 spiro atoms. The van der Waals surface area contributed by atoms with Crippen molar-refractivity contribution in [2.75, 3.05) is 4.90 Å². The second kappa shape index (κ2) is 11.5. The molecule has 0 aliphatic carbocycles. The van der Waals surface area contributed by atoms with Crippen molar-refractivity contribution in [2.24, 2.45) is 0 Å². The molecule has 3 rings (SSSR count). The van der Waals surface area contributed by atoms with Crippen molar-refractivity contribution in [2.45, 2.75) is 32.6 Å². The Balaban J connectivity index is 2.22. The third-order valence-electron chi connectivity index (χ3n) is 5.24. The maximum absolute atomic E-state index is 13.1. The second-order valence-corrected chi connectivity index (χ2v) is 8.06. The molecule has 4 nitrogen and oxygen atoms in total. The minimum atomic E-state index is -4.53. The molecule has 0 bridgehead atoms. The van der Waals surface area contributed by atoms with Gasteiger partial charge in [0.1, 0.15) is 0 Å². The van der Waals surface area contributed by atoms with Crippen molar-refractivity contribution in [3.8, 4) is 22.8 Å². The molecule has 1 heterocycles. The van der Waals surface area contributed by atoms with Crippen LogP contribution in [0, 0.1) is 0 Å². The first kappa shape index (κ1) is 28.4. The number of hydrogen-bond acceptors (Lipinski definition) is 4. The largest absolute Gasteiger partial charge is 0.416 e. The molecule has 0 amide bonds. The van der Waals surface area contributed by atoms with Gasteiger partial charge in [-0.3, -0.25) is 4.90 Å². The Morgan fingerprint density at radius 1 is 0.737 bits per heavy atom. The molecule has 1 aromatic heterocycles. The van der Waals surface area contributed by atoms with Crippen LogP contribution in [0.1, 0.15) is 31.4 Å². The lowest BCUT2D eigenvalue weighted by molar-refractivity contribution is -0.138. The lowest BCUT2D eigenvalue weighted by Crippen LogP contribution is -2.22. The average molecular weight is 531 g/mol. The van der Waals surface area contributed by atoms with Gasteiger partial charge in [-0.2, -0.15) is 36.3 Å². The molecule has 0 aliphatic heterocycles. The molecular formula is C28H24F6N4. The quantitative estimate of drug-likeness (QED) is 0.216. The Kier molecular flexibility index (Phi) is 8.55. The standard InChI is InChI=1S/C28H24F6N4/c1-5-7-9-19(4)38(18(3)8-6-2)26-36-24(20-10-14-22(15-11-20)27(29,30)31)35-25(37-26)21-12-16-23(17-13-21)28(32,33)34/h6-17H,3-5H2,1-2H3/b8-6-,9-7-. The van der Waals surface area contributed by atoms with Crippen LogP contribution in [0.4, 0.5) is 32.3 Å². The third-order valence-corrected chi connectivity index (χ3v) is 5.24. The second-order valence-electron chi connectivity index (χ2n) is 8.06. The van der Waals surface area contributed by atoms with Crippen LogP contribution in [0.5, 0.6) is 0 Å². The van der Waals surface area contributed by atoms with Crippen LogP contribution >= 0.6 is 0 Å². The van der Waals surface area contributed by atoms with E-state index in [4.69, 9.17) is 0 Å². The van der Waals surface area contributed by atoms with Crippen LogP contribution in [0.25, 0.3) is 22.8 Å². The number of benzene rings is 2. The highest BCUT2D eigenvalue weighted by molar-refractivity contribution is 5.66. The summed E-state index contributed by atoms with van der Waals surface area (Å²) in [4.78, 5) is 14.8. The van der Waals surface area contributed by atoms with Gasteiger partial charge in [0.25, 0.3) is 0 Å². The van der Waals surface area contributed by atoms with Crippen molar-refractivity contribution < 1.29 is 26.3 Å². The molecule has 0 N–H and O–H groups in total. The Morgan fingerprint density at radius 2 is 1.16 bits per heavy atom. The maximum atomic E-state index is 13.1. The summed E-state index contributed by atoms with van der Waals surface area (Å²) in [5.74, 6) is 0.0759. The van der Waals surface area contributed by atoms with Crippen LogP contribution in [0.3, 0.4) is 0 Å². The molecule has 0 saturated heterocycles. The van der Waals surface area contributed by atoms with Gasteiger partial charge in [-0.1, -0.05) is 56.5 Å². The molecule has 0 aliphatic rings. The molecule has 198 valence electrons. The number of anilines is 1. The predicted octanol–water partition coefficient (Wildman–Crippen LogP) is 8.62. The van der Waals surface area contributed by atoms with Crippen LogP contribution in [-0.4, -0.2) is 15.0 Å². The van der Waals surface area contributed by atoms with Crippen LogP contribution in [-0.2, 0) is 12.4 Å². The minimum Gasteiger partial charge on any atom is -0.280 e. The van der Waals surface area contributed by atoms with E-state index in [0.717, 1.165) is 24.3 Å². The van der Waals surface area contributed by atoms with E-state index in [1.807, 2.05) is 13.0 Å². The monoisotopic (exact) mass is 530 g/mol. The number of allylic oxidation sites excluding steroid dienone is 4. The van der Waals surface area contributed by atoms with Gasteiger partial charge in [-0.05, 0) is 49.8 Å². The zero-order chi connectivity index (χ0) is 28.1. The summed E-state index contributed by atoms with van der Waals surface area (Å²) >= 11 is 0. The number of aromatic nitrogens is 3. The van der Waals surface area contributed by atoms with E-state index in [2.05, 4.69) is 28.1 Å². The normalized spacial score (nSPS) is 12.3. The van der Waals surface area contributed by atoms with Crippen molar-refractivity contribution >= 4 is 5.95 Å². The van der Waals surface area contributed by atoms with Gasteiger partial charge >= 0.3 is 12.4 Å². The number of alkyl halides is 6. The number of nitrogens with zero attached hydrogens (tertiary/aromatic N) is 4. The highest BCUT2D eigenvalue weighted by Gasteiger charge is 2.31. The van der Waals surface area contributed by atoms with Crippen LogP contribution in [0.15, 0.2) is 97.4 Å². The van der Waals surface area contributed by atoms with Crippen molar-refractivity contribution in [1.29, 1.82) is 0 Å². The Bertz CT molecular complexity index is 1280. The molecule has 10 heteroatoms. The van der Waals surface area contributed by atoms with Gasteiger partial charge in [0.15, 0.2) is 11.6 Å². The fourth-order valence-corrected chi connectivity index (χ4v) is 3.38. The summed E-state index contributed by atoms with van der Waals surface area (Å²) in [6.45, 7) is 11.8. The lowest BCUT2D eigenvalue weighted by Gasteiger charge is -2.24. The van der Waals surface area contributed by atoms with E-state index in [9.17, 15) is 26.3 Å². The lowest BCUT2D eigenvalue weighted by atomic mass is 10.1. The highest BCUT2D eigenvalue weighted by Crippen LogP contribution is 2.33. The van der Waals surface area contributed by atoms with Crippen molar-refractivity contribution in [3.05, 3.63) is 109 Å². The van der Waals surface area contributed by atoms with Gasteiger partial charge in [0.2, 0.25) is 5.95 Å². The summed E-state index contributed by atoms with van der Waals surface area (Å²) < 4.78 is 78.5. The van der Waals surface area contributed by atoms with Gasteiger partial charge in [-0.25, -0.2) is 4.98 Å². The van der Waals surface area contributed by atoms with E-state index in [1.165, 1.54) is 29.2 Å². The maximum Gasteiger partial charge on any atom is 0.416 e. The van der Waals surface area contributed by atoms with E-state index in [-0.39, 0.29) is 28.7 Å². The first-order chi connectivity index (χ1) is 17.8. The average Bonchev–Trinajstić information content (AvgIpc) is 2.87. The molecule has 0 saturated carbocycles. The van der Waals surface area contributed by atoms with Crippen molar-refractivity contribution in [1.82, 2.24) is 15.0 Å². The van der Waals surface area contributed by atoms with Gasteiger partial charge in [-0.15, -0.1) is 0 Å². The first-order valence-electron chi connectivity index (χ1n) is 11.4. The Labute approximate surface area is 216 Å². The summed E-state index contributed by atoms with van der Waals surface area (Å²) in [6, 6.07) is 8.47. The van der Waals surface area contributed by atoms with E-state index >= 15 is 0 Å². The number of hydrogen-bond donors (Lipinski definition) is 0. The Morgan fingerprint density at radius 3 is 1.53 bits per heavy atom. The van der Waals surface area contributed by atoms with E-state index in [1.54, 1.807) is 25.2 Å². The van der Waals surface area contributed by atoms with E-state index in [0.29, 0.717) is 17.8 Å². The summed E-state index contributed by atoms with van der Waals surface area (Å²) in [7, 11) is 0. The third kappa shape index (κ3) is 6.76. The Hall–Kier alpha value is -4.21. The van der Waals surface area contributed by atoms with Crippen molar-refractivity contribution in [3.63, 3.8) is 0 Å². The molecule has 0 atom stereocenters. The van der Waals surface area contributed by atoms with E-state index < -0.39 is 23.5 Å². The molecule has 0 unspecified atom stereocenters. The first-order valence-corrected chi connectivity index (χ1v) is 11.4. The smallest absolute Gasteiger partial charge is 0.280 e. The molecule has 3 aromatic rings. The summed E-state index contributed by atoms with van der Waals surface area (Å²) in [5.41, 5.74) is -0.319. The fraction of sp³-hybridized carbons (Fsp3) is 0.179. The molecule has 0 radical (unpaired) electrons. The van der Waals surface area contributed by atoms with Gasteiger partial charge < -0.3 is 0 Å². The minimum absolute atomic E-state index is 0.0178. The summed E-state index contributed by atoms with van der Waals surface area (Å²) in [6.07, 6.45) is -1.34. The highest BCUT2D eigenvalue weighted by atomic mass is 19.4.